The van der Waals surface area contributed by atoms with Gasteiger partial charge in [-0.15, -0.1) is 0 Å². The van der Waals surface area contributed by atoms with Crippen molar-refractivity contribution in [2.45, 2.75) is 31.9 Å². The van der Waals surface area contributed by atoms with E-state index in [0.29, 0.717) is 19.4 Å². The van der Waals surface area contributed by atoms with Crippen LogP contribution in [0, 0.1) is 0 Å². The summed E-state index contributed by atoms with van der Waals surface area (Å²) in [5.41, 5.74) is 0.791. The van der Waals surface area contributed by atoms with Gasteiger partial charge in [0.2, 0.25) is 11.8 Å². The first-order chi connectivity index (χ1) is 9.06. The highest BCUT2D eigenvalue weighted by atomic mass is 19.3. The summed E-state index contributed by atoms with van der Waals surface area (Å²) in [5.74, 6) is -0.593. The first-order valence-electron chi connectivity index (χ1n) is 6.00. The molecule has 4 nitrogen and oxygen atoms in total. The van der Waals surface area contributed by atoms with Crippen LogP contribution in [0.2, 0.25) is 0 Å². The Balaban J connectivity index is 1.88. The molecule has 1 aromatic rings. The van der Waals surface area contributed by atoms with E-state index >= 15 is 0 Å². The maximum atomic E-state index is 12.4. The minimum Gasteiger partial charge on any atom is -0.302 e. The van der Waals surface area contributed by atoms with Gasteiger partial charge in [0.05, 0.1) is 6.04 Å². The maximum Gasteiger partial charge on any atom is 0.263 e. The number of halogens is 2. The van der Waals surface area contributed by atoms with Crippen molar-refractivity contribution in [3.8, 4) is 0 Å². The van der Waals surface area contributed by atoms with Crippen LogP contribution in [0.15, 0.2) is 24.3 Å². The predicted molar refractivity (Wildman–Crippen MR) is 64.4 cm³/mol. The molecule has 2 N–H and O–H groups in total. The number of hydrogen-bond acceptors (Lipinski definition) is 3. The lowest BCUT2D eigenvalue weighted by Crippen LogP contribution is -2.50. The van der Waals surface area contributed by atoms with Gasteiger partial charge in [-0.1, -0.05) is 24.3 Å². The number of nitrogens with one attached hydrogen (secondary N) is 2. The van der Waals surface area contributed by atoms with Crippen LogP contribution in [0.25, 0.3) is 0 Å². The Labute approximate surface area is 109 Å². The topological polar surface area (TPSA) is 58.2 Å². The second-order valence-electron chi connectivity index (χ2n) is 4.43. The molecule has 0 aromatic heterocycles. The third-order valence-corrected chi connectivity index (χ3v) is 3.02. The highest BCUT2D eigenvalue weighted by Gasteiger charge is 2.25. The van der Waals surface area contributed by atoms with E-state index in [9.17, 15) is 18.4 Å². The lowest BCUT2D eigenvalue weighted by molar-refractivity contribution is -0.134. The number of carbonyl (C=O) groups is 2. The average molecular weight is 268 g/mol. The van der Waals surface area contributed by atoms with Crippen molar-refractivity contribution in [2.75, 3.05) is 0 Å². The Bertz CT molecular complexity index is 474. The molecule has 6 heteroatoms. The van der Waals surface area contributed by atoms with Gasteiger partial charge in [0.25, 0.3) is 6.43 Å². The third kappa shape index (κ3) is 3.57. The summed E-state index contributed by atoms with van der Waals surface area (Å²) in [4.78, 5) is 22.4. The monoisotopic (exact) mass is 268 g/mol. The average Bonchev–Trinajstić information content (AvgIpc) is 2.38. The Morgan fingerprint density at radius 2 is 1.95 bits per heavy atom. The summed E-state index contributed by atoms with van der Waals surface area (Å²) in [5, 5.41) is 5.26. The van der Waals surface area contributed by atoms with Crippen molar-refractivity contribution in [3.05, 3.63) is 35.4 Å². The summed E-state index contributed by atoms with van der Waals surface area (Å²) in [7, 11) is 0. The van der Waals surface area contributed by atoms with E-state index in [-0.39, 0.29) is 17.4 Å². The molecule has 2 amide bonds. The number of alkyl halides is 2. The van der Waals surface area contributed by atoms with E-state index in [4.69, 9.17) is 0 Å². The number of carbonyl (C=O) groups excluding carboxylic acids is 2. The summed E-state index contributed by atoms with van der Waals surface area (Å²) in [6.45, 7) is 0.399. The molecule has 1 aliphatic rings. The molecule has 102 valence electrons. The summed E-state index contributed by atoms with van der Waals surface area (Å²) >= 11 is 0. The minimum absolute atomic E-state index is 0.0234. The fourth-order valence-electron chi connectivity index (χ4n) is 1.91. The van der Waals surface area contributed by atoms with Crippen molar-refractivity contribution >= 4 is 11.8 Å². The molecule has 0 aliphatic carbocycles. The van der Waals surface area contributed by atoms with Crippen LogP contribution < -0.4 is 10.6 Å². The van der Waals surface area contributed by atoms with Crippen LogP contribution in [-0.4, -0.2) is 17.9 Å². The number of rotatable bonds is 4. The van der Waals surface area contributed by atoms with Crippen LogP contribution in [0.1, 0.15) is 30.4 Å². The van der Waals surface area contributed by atoms with E-state index in [1.165, 1.54) is 12.1 Å². The molecule has 0 spiro atoms. The fraction of sp³-hybridized carbons (Fsp3) is 0.385. The van der Waals surface area contributed by atoms with Crippen LogP contribution in [0.5, 0.6) is 0 Å². The first kappa shape index (κ1) is 13.6. The van der Waals surface area contributed by atoms with Crippen molar-refractivity contribution in [2.24, 2.45) is 0 Å². The van der Waals surface area contributed by atoms with E-state index in [1.54, 1.807) is 12.1 Å². The zero-order valence-electron chi connectivity index (χ0n) is 10.2. The molecule has 0 radical (unpaired) electrons. The van der Waals surface area contributed by atoms with Crippen LogP contribution in [-0.2, 0) is 16.1 Å². The van der Waals surface area contributed by atoms with E-state index < -0.39 is 12.5 Å². The predicted octanol–water partition coefficient (Wildman–Crippen LogP) is 1.52. The second-order valence-corrected chi connectivity index (χ2v) is 4.43. The molecule has 1 heterocycles. The molecule has 0 bridgehead atoms. The molecule has 1 aromatic carbocycles. The number of imide groups is 1. The molecule has 19 heavy (non-hydrogen) atoms. The largest absolute Gasteiger partial charge is 0.302 e. The summed E-state index contributed by atoms with van der Waals surface area (Å²) in [6.07, 6.45) is -1.70. The van der Waals surface area contributed by atoms with Crippen LogP contribution in [0.4, 0.5) is 8.78 Å². The molecular formula is C13H14F2N2O2. The normalized spacial score (nSPS) is 19.6. The number of hydrogen-bond donors (Lipinski definition) is 2. The lowest BCUT2D eigenvalue weighted by atomic mass is 10.1. The van der Waals surface area contributed by atoms with Gasteiger partial charge in [-0.3, -0.25) is 14.9 Å². The van der Waals surface area contributed by atoms with Crippen molar-refractivity contribution < 1.29 is 18.4 Å². The summed E-state index contributed by atoms with van der Waals surface area (Å²) < 4.78 is 24.7. The Hall–Kier alpha value is -1.82. The quantitative estimate of drug-likeness (QED) is 0.814. The molecule has 1 fully saturated rings. The molecule has 1 saturated heterocycles. The highest BCUT2D eigenvalue weighted by molar-refractivity contribution is 6.00. The van der Waals surface area contributed by atoms with Gasteiger partial charge in [-0.2, -0.15) is 0 Å². The van der Waals surface area contributed by atoms with Gasteiger partial charge in [0, 0.05) is 18.5 Å². The Morgan fingerprint density at radius 1 is 1.26 bits per heavy atom. The van der Waals surface area contributed by atoms with Gasteiger partial charge < -0.3 is 5.32 Å². The van der Waals surface area contributed by atoms with Crippen molar-refractivity contribution in [1.29, 1.82) is 0 Å². The second kappa shape index (κ2) is 5.88. The molecule has 0 saturated carbocycles. The van der Waals surface area contributed by atoms with E-state index in [1.807, 2.05) is 0 Å². The zero-order valence-corrected chi connectivity index (χ0v) is 10.2. The third-order valence-electron chi connectivity index (χ3n) is 3.02. The SMILES string of the molecule is O=C1CCC(NCc2ccc(C(F)F)cc2)C(=O)N1. The van der Waals surface area contributed by atoms with Crippen molar-refractivity contribution in [3.63, 3.8) is 0 Å². The highest BCUT2D eigenvalue weighted by Crippen LogP contribution is 2.18. The van der Waals surface area contributed by atoms with Crippen molar-refractivity contribution in [1.82, 2.24) is 10.6 Å². The van der Waals surface area contributed by atoms with Crippen LogP contribution >= 0.6 is 0 Å². The molecule has 2 rings (SSSR count). The van der Waals surface area contributed by atoms with Gasteiger partial charge in [-0.25, -0.2) is 8.78 Å². The maximum absolute atomic E-state index is 12.4. The number of benzene rings is 1. The molecule has 1 unspecified atom stereocenters. The van der Waals surface area contributed by atoms with Gasteiger partial charge in [-0.05, 0) is 12.0 Å². The number of amides is 2. The smallest absolute Gasteiger partial charge is 0.263 e. The van der Waals surface area contributed by atoms with Crippen LogP contribution in [0.3, 0.4) is 0 Å². The lowest BCUT2D eigenvalue weighted by Gasteiger charge is -2.21. The molecule has 1 aliphatic heterocycles. The Kier molecular flexibility index (Phi) is 4.21. The summed E-state index contributed by atoms with van der Waals surface area (Å²) in [6, 6.07) is 5.52. The van der Waals surface area contributed by atoms with Gasteiger partial charge >= 0.3 is 0 Å². The van der Waals surface area contributed by atoms with E-state index in [0.717, 1.165) is 5.56 Å². The zero-order chi connectivity index (χ0) is 13.8. The van der Waals surface area contributed by atoms with Gasteiger partial charge in [0.15, 0.2) is 0 Å². The van der Waals surface area contributed by atoms with Gasteiger partial charge in [0.1, 0.15) is 0 Å². The van der Waals surface area contributed by atoms with E-state index in [2.05, 4.69) is 10.6 Å². The number of piperidine rings is 1. The standard InChI is InChI=1S/C13H14F2N2O2/c14-12(15)9-3-1-8(2-4-9)7-16-10-5-6-11(18)17-13(10)19/h1-4,10,12,16H,5-7H2,(H,17,18,19). The Morgan fingerprint density at radius 3 is 2.53 bits per heavy atom. The molecular weight excluding hydrogens is 254 g/mol. The fourth-order valence-corrected chi connectivity index (χ4v) is 1.91. The molecule has 1 atom stereocenters. The minimum atomic E-state index is -2.47. The first-order valence-corrected chi connectivity index (χ1v) is 6.00.